The minimum Gasteiger partial charge on any atom is -0.392 e. The fourth-order valence-corrected chi connectivity index (χ4v) is 5.64. The molecule has 2 aromatic carbocycles. The van der Waals surface area contributed by atoms with Gasteiger partial charge in [-0.15, -0.1) is 6.58 Å². The predicted molar refractivity (Wildman–Crippen MR) is 156 cm³/mol. The Kier molecular flexibility index (Phi) is 10.7. The van der Waals surface area contributed by atoms with E-state index < -0.39 is 16.0 Å². The zero-order valence-corrected chi connectivity index (χ0v) is 24.5. The fourth-order valence-electron chi connectivity index (χ4n) is 5.44. The highest BCUT2D eigenvalue weighted by atomic mass is 35.6. The van der Waals surface area contributed by atoms with Crippen molar-refractivity contribution in [2.24, 2.45) is 5.92 Å². The summed E-state index contributed by atoms with van der Waals surface area (Å²) in [5.41, 5.74) is 3.66. The Labute approximate surface area is 246 Å². The maximum absolute atomic E-state index is 11.9. The number of hydrogen-bond donors (Lipinski definition) is 2. The van der Waals surface area contributed by atoms with Gasteiger partial charge in [0.05, 0.1) is 18.8 Å². The molecule has 0 aromatic heterocycles. The highest BCUT2D eigenvalue weighted by Gasteiger charge is 2.40. The lowest BCUT2D eigenvalue weighted by Gasteiger charge is -2.43. The summed E-state index contributed by atoms with van der Waals surface area (Å²) in [4.78, 5) is 14.4. The smallest absolute Gasteiger partial charge is 0.272 e. The molecule has 0 spiro atoms. The summed E-state index contributed by atoms with van der Waals surface area (Å²) in [6.45, 7) is 8.04. The summed E-state index contributed by atoms with van der Waals surface area (Å²) >= 11 is 16.9. The lowest BCUT2D eigenvalue weighted by molar-refractivity contribution is -0.276. The van der Waals surface area contributed by atoms with Gasteiger partial charge in [-0.05, 0) is 29.5 Å². The van der Waals surface area contributed by atoms with Crippen molar-refractivity contribution in [2.45, 2.75) is 74.1 Å². The van der Waals surface area contributed by atoms with Gasteiger partial charge in [0, 0.05) is 37.2 Å². The van der Waals surface area contributed by atoms with Crippen LogP contribution in [-0.2, 0) is 27.4 Å². The van der Waals surface area contributed by atoms with Crippen molar-refractivity contribution >= 4 is 40.7 Å². The third kappa shape index (κ3) is 7.98. The van der Waals surface area contributed by atoms with Gasteiger partial charge in [-0.1, -0.05) is 109 Å². The first kappa shape index (κ1) is 30.3. The molecule has 1 amide bonds. The van der Waals surface area contributed by atoms with Crippen molar-refractivity contribution in [3.8, 4) is 0 Å². The fraction of sp³-hybridized carbons (Fsp3) is 0.500. The zero-order valence-electron chi connectivity index (χ0n) is 22.2. The third-order valence-corrected chi connectivity index (χ3v) is 8.22. The van der Waals surface area contributed by atoms with Crippen LogP contribution in [0.3, 0.4) is 0 Å². The molecule has 2 aromatic rings. The van der Waals surface area contributed by atoms with Crippen LogP contribution >= 0.6 is 34.8 Å². The van der Waals surface area contributed by atoms with E-state index >= 15 is 0 Å². The van der Waals surface area contributed by atoms with Gasteiger partial charge >= 0.3 is 0 Å². The van der Waals surface area contributed by atoms with Crippen LogP contribution in [0.2, 0.25) is 0 Å². The number of benzene rings is 2. The standard InChI is InChI=1S/C30H37Cl3N2O4/c1-3-16-35(25-6-4-5-7-25)18-26-20(2)27(23-12-10-22(19-36)11-13-23)39-28(38-26)24-14-8-21(9-15-24)17-34-29(37)30(31,32)33/h3,8-15,20,25-28,36H,1,4-7,16-19H2,2H3,(H,34,37)/t20-,26+,27+,28+/m0/s1. The molecule has 9 heteroatoms. The van der Waals surface area contributed by atoms with E-state index in [-0.39, 0.29) is 31.3 Å². The second-order valence-corrected chi connectivity index (χ2v) is 12.7. The first-order valence-electron chi connectivity index (χ1n) is 13.5. The number of nitrogens with one attached hydrogen (secondary N) is 1. The number of aliphatic hydroxyl groups is 1. The molecule has 0 unspecified atom stereocenters. The minimum atomic E-state index is -2.00. The van der Waals surface area contributed by atoms with Crippen LogP contribution in [0.25, 0.3) is 0 Å². The number of carbonyl (C=O) groups excluding carboxylic acids is 1. The average molecular weight is 596 g/mol. The molecule has 0 radical (unpaired) electrons. The molecule has 1 heterocycles. The Morgan fingerprint density at radius 2 is 1.67 bits per heavy atom. The maximum Gasteiger partial charge on any atom is 0.272 e. The molecule has 2 fully saturated rings. The number of carbonyl (C=O) groups is 1. The second kappa shape index (κ2) is 13.8. The van der Waals surface area contributed by atoms with Gasteiger partial charge in [-0.2, -0.15) is 0 Å². The number of aliphatic hydroxyl groups excluding tert-OH is 1. The number of hydrogen-bond acceptors (Lipinski definition) is 5. The molecule has 6 nitrogen and oxygen atoms in total. The van der Waals surface area contributed by atoms with Crippen molar-refractivity contribution < 1.29 is 19.4 Å². The topological polar surface area (TPSA) is 71.0 Å². The number of nitrogens with zero attached hydrogens (tertiary/aromatic N) is 1. The Balaban J connectivity index is 1.54. The first-order chi connectivity index (χ1) is 18.7. The van der Waals surface area contributed by atoms with E-state index in [1.165, 1.54) is 25.7 Å². The number of rotatable bonds is 10. The van der Waals surface area contributed by atoms with E-state index in [4.69, 9.17) is 44.3 Å². The number of halogens is 3. The van der Waals surface area contributed by atoms with Gasteiger partial charge in [0.1, 0.15) is 0 Å². The third-order valence-electron chi connectivity index (χ3n) is 7.70. The SMILES string of the molecule is C=CCN(C[C@H]1O[C@@H](c2ccc(CNC(=O)C(Cl)(Cl)Cl)cc2)O[C@@H](c2ccc(CO)cc2)[C@H]1C)C1CCCC1. The van der Waals surface area contributed by atoms with Gasteiger partial charge < -0.3 is 19.9 Å². The summed E-state index contributed by atoms with van der Waals surface area (Å²) in [6, 6.07) is 16.2. The zero-order chi connectivity index (χ0) is 28.0. The minimum absolute atomic E-state index is 0.00207. The van der Waals surface area contributed by atoms with Crippen molar-refractivity contribution in [2.75, 3.05) is 13.1 Å². The molecule has 1 aliphatic carbocycles. The monoisotopic (exact) mass is 594 g/mol. The van der Waals surface area contributed by atoms with Crippen molar-refractivity contribution in [3.05, 3.63) is 83.4 Å². The van der Waals surface area contributed by atoms with E-state index in [0.29, 0.717) is 6.04 Å². The van der Waals surface area contributed by atoms with Crippen molar-refractivity contribution in [3.63, 3.8) is 0 Å². The molecule has 2 N–H and O–H groups in total. The van der Waals surface area contributed by atoms with E-state index in [0.717, 1.165) is 35.3 Å². The highest BCUT2D eigenvalue weighted by molar-refractivity contribution is 6.76. The first-order valence-corrected chi connectivity index (χ1v) is 14.6. The second-order valence-electron chi connectivity index (χ2n) is 10.4. The summed E-state index contributed by atoms with van der Waals surface area (Å²) in [5, 5.41) is 12.1. The molecule has 39 heavy (non-hydrogen) atoms. The highest BCUT2D eigenvalue weighted by Crippen LogP contribution is 2.42. The summed E-state index contributed by atoms with van der Waals surface area (Å²) < 4.78 is 11.2. The van der Waals surface area contributed by atoms with Crippen LogP contribution in [0.4, 0.5) is 0 Å². The van der Waals surface area contributed by atoms with Crippen LogP contribution in [0.15, 0.2) is 61.2 Å². The Morgan fingerprint density at radius 1 is 1.05 bits per heavy atom. The maximum atomic E-state index is 11.9. The molecule has 212 valence electrons. The average Bonchev–Trinajstić information content (AvgIpc) is 3.47. The van der Waals surface area contributed by atoms with Gasteiger partial charge in [0.2, 0.25) is 0 Å². The molecule has 4 rings (SSSR count). The lowest BCUT2D eigenvalue weighted by Crippen LogP contribution is -2.47. The Morgan fingerprint density at radius 3 is 2.26 bits per heavy atom. The van der Waals surface area contributed by atoms with Crippen molar-refractivity contribution in [1.29, 1.82) is 0 Å². The molecule has 0 bridgehead atoms. The van der Waals surface area contributed by atoms with Crippen LogP contribution in [-0.4, -0.2) is 44.9 Å². The summed E-state index contributed by atoms with van der Waals surface area (Å²) in [7, 11) is 0. The van der Waals surface area contributed by atoms with Crippen LogP contribution in [0, 0.1) is 5.92 Å². The normalized spacial score (nSPS) is 24.2. The molecular formula is C30H37Cl3N2O4. The van der Waals surface area contributed by atoms with Crippen LogP contribution in [0.5, 0.6) is 0 Å². The van der Waals surface area contributed by atoms with E-state index in [1.807, 2.05) is 54.6 Å². The van der Waals surface area contributed by atoms with Crippen LogP contribution in [0.1, 0.15) is 67.3 Å². The van der Waals surface area contributed by atoms with Gasteiger partial charge in [0.15, 0.2) is 6.29 Å². The summed E-state index contributed by atoms with van der Waals surface area (Å²) in [6.07, 6.45) is 6.11. The van der Waals surface area contributed by atoms with E-state index in [1.54, 1.807) is 0 Å². The van der Waals surface area contributed by atoms with Gasteiger partial charge in [-0.3, -0.25) is 9.69 Å². The molecule has 1 aliphatic heterocycles. The quantitative estimate of drug-likeness (QED) is 0.246. The molecule has 1 saturated heterocycles. The molecule has 4 atom stereocenters. The van der Waals surface area contributed by atoms with Gasteiger partial charge in [0.25, 0.3) is 9.70 Å². The van der Waals surface area contributed by atoms with Gasteiger partial charge in [-0.25, -0.2) is 0 Å². The molecule has 1 saturated carbocycles. The number of amides is 1. The van der Waals surface area contributed by atoms with E-state index in [2.05, 4.69) is 23.7 Å². The number of ether oxygens (including phenoxy) is 2. The Bertz CT molecular complexity index is 1080. The molecular weight excluding hydrogens is 559 g/mol. The Hall–Kier alpha value is -1.64. The van der Waals surface area contributed by atoms with Crippen LogP contribution < -0.4 is 5.32 Å². The summed E-state index contributed by atoms with van der Waals surface area (Å²) in [5.74, 6) is -0.569. The van der Waals surface area contributed by atoms with Crippen molar-refractivity contribution in [1.82, 2.24) is 10.2 Å². The molecule has 2 aliphatic rings. The number of alkyl halides is 3. The largest absolute Gasteiger partial charge is 0.392 e. The van der Waals surface area contributed by atoms with E-state index in [9.17, 15) is 9.90 Å². The predicted octanol–water partition coefficient (Wildman–Crippen LogP) is 6.39. The lowest BCUT2D eigenvalue weighted by atomic mass is 9.89.